The normalized spacial score (nSPS) is 12.2. The number of carbonyl (C=O) groups excluding carboxylic acids is 1. The Morgan fingerprint density at radius 3 is 2.33 bits per heavy atom. The first-order chi connectivity index (χ1) is 14.3. The molecule has 0 heterocycles. The highest BCUT2D eigenvalue weighted by Crippen LogP contribution is 2.20. The molecule has 1 amide bonds. The van der Waals surface area contributed by atoms with Gasteiger partial charge in [0.05, 0.1) is 11.0 Å². The van der Waals surface area contributed by atoms with E-state index in [-0.39, 0.29) is 30.0 Å². The van der Waals surface area contributed by atoms with Gasteiger partial charge in [-0.3, -0.25) is 4.79 Å². The maximum atomic E-state index is 12.7. The van der Waals surface area contributed by atoms with Gasteiger partial charge in [0.25, 0.3) is 5.91 Å². The van der Waals surface area contributed by atoms with Crippen LogP contribution in [0.2, 0.25) is 0 Å². The van der Waals surface area contributed by atoms with Crippen LogP contribution in [0.15, 0.2) is 78.7 Å². The molecule has 0 aliphatic carbocycles. The molecule has 0 aliphatic rings. The van der Waals surface area contributed by atoms with Gasteiger partial charge in [-0.25, -0.2) is 8.42 Å². The molecule has 0 saturated heterocycles. The Labute approximate surface area is 178 Å². The van der Waals surface area contributed by atoms with Crippen LogP contribution in [0.4, 0.5) is 5.69 Å². The van der Waals surface area contributed by atoms with Crippen molar-refractivity contribution in [1.82, 2.24) is 4.31 Å². The zero-order chi connectivity index (χ0) is 22.1. The second-order valence-electron chi connectivity index (χ2n) is 6.74. The summed E-state index contributed by atoms with van der Waals surface area (Å²) >= 11 is 0. The van der Waals surface area contributed by atoms with Crippen molar-refractivity contribution in [3.63, 3.8) is 0 Å². The van der Waals surface area contributed by atoms with Crippen molar-refractivity contribution >= 4 is 21.6 Å². The molecular weight excluding hydrogens is 400 g/mol. The van der Waals surface area contributed by atoms with Crippen molar-refractivity contribution in [3.05, 3.63) is 79.4 Å². The summed E-state index contributed by atoms with van der Waals surface area (Å²) in [5.41, 5.74) is 0.946. The van der Waals surface area contributed by atoms with E-state index in [0.29, 0.717) is 17.0 Å². The first-order valence-electron chi connectivity index (χ1n) is 9.71. The number of nitrogens with one attached hydrogen (secondary N) is 1. The van der Waals surface area contributed by atoms with Gasteiger partial charge in [-0.05, 0) is 55.8 Å². The molecule has 0 aliphatic heterocycles. The first-order valence-corrected chi connectivity index (χ1v) is 11.2. The van der Waals surface area contributed by atoms with Crippen molar-refractivity contribution < 1.29 is 17.9 Å². The molecule has 6 nitrogen and oxygen atoms in total. The van der Waals surface area contributed by atoms with Gasteiger partial charge in [0, 0.05) is 24.3 Å². The third-order valence-corrected chi connectivity index (χ3v) is 6.27. The number of carbonyl (C=O) groups is 1. The van der Waals surface area contributed by atoms with Crippen LogP contribution in [0.5, 0.6) is 5.75 Å². The van der Waals surface area contributed by atoms with E-state index >= 15 is 0 Å². The van der Waals surface area contributed by atoms with Gasteiger partial charge in [-0.2, -0.15) is 4.31 Å². The topological polar surface area (TPSA) is 75.7 Å². The minimum atomic E-state index is -3.68. The van der Waals surface area contributed by atoms with Crippen LogP contribution in [0.1, 0.15) is 30.6 Å². The lowest BCUT2D eigenvalue weighted by Crippen LogP contribution is -2.31. The second kappa shape index (κ2) is 10.8. The van der Waals surface area contributed by atoms with Crippen LogP contribution in [0, 0.1) is 0 Å². The first kappa shape index (κ1) is 23.4. The Balaban J connectivity index is 2.14. The molecule has 160 valence electrons. The largest absolute Gasteiger partial charge is 0.491 e. The third kappa shape index (κ3) is 6.05. The summed E-state index contributed by atoms with van der Waals surface area (Å²) in [7, 11) is -3.68. The monoisotopic (exact) mass is 428 g/mol. The number of ether oxygens (including phenoxy) is 1. The summed E-state index contributed by atoms with van der Waals surface area (Å²) in [6.45, 7) is 11.5. The zero-order valence-electron chi connectivity index (χ0n) is 17.4. The number of nitrogens with zero attached hydrogens (tertiary/aromatic N) is 1. The highest BCUT2D eigenvalue weighted by molar-refractivity contribution is 7.89. The summed E-state index contributed by atoms with van der Waals surface area (Å²) in [6, 6.07) is 13.0. The Morgan fingerprint density at radius 2 is 1.77 bits per heavy atom. The lowest BCUT2D eigenvalue weighted by molar-refractivity contribution is 0.102. The van der Waals surface area contributed by atoms with E-state index in [4.69, 9.17) is 4.74 Å². The predicted octanol–water partition coefficient (Wildman–Crippen LogP) is 4.48. The van der Waals surface area contributed by atoms with E-state index in [1.165, 1.54) is 28.6 Å². The molecule has 30 heavy (non-hydrogen) atoms. The quantitative estimate of drug-likeness (QED) is 0.536. The van der Waals surface area contributed by atoms with Gasteiger partial charge in [-0.15, -0.1) is 13.2 Å². The van der Waals surface area contributed by atoms with Gasteiger partial charge in [0.15, 0.2) is 0 Å². The fourth-order valence-corrected chi connectivity index (χ4v) is 4.03. The van der Waals surface area contributed by atoms with Crippen molar-refractivity contribution in [2.75, 3.05) is 18.4 Å². The Bertz CT molecular complexity index is 975. The van der Waals surface area contributed by atoms with E-state index in [1.807, 2.05) is 13.8 Å². The lowest BCUT2D eigenvalue weighted by atomic mass is 10.2. The summed E-state index contributed by atoms with van der Waals surface area (Å²) in [5, 5.41) is 2.78. The van der Waals surface area contributed by atoms with E-state index in [1.54, 1.807) is 36.4 Å². The standard InChI is InChI=1S/C23H28N2O4S/c1-5-15-25(16-6-2)30(27,28)22-13-11-20(12-14-22)24-23(26)19-9-8-10-21(17-19)29-18(4)7-3/h5-6,8-14,17-18H,1-2,7,15-16H2,3-4H3,(H,24,26). The number of anilines is 1. The van der Waals surface area contributed by atoms with Crippen molar-refractivity contribution in [2.24, 2.45) is 0 Å². The van der Waals surface area contributed by atoms with Gasteiger partial charge < -0.3 is 10.1 Å². The van der Waals surface area contributed by atoms with Crippen LogP contribution in [-0.4, -0.2) is 37.8 Å². The Hall–Kier alpha value is -2.90. The van der Waals surface area contributed by atoms with Gasteiger partial charge >= 0.3 is 0 Å². The molecule has 7 heteroatoms. The van der Waals surface area contributed by atoms with Crippen LogP contribution in [-0.2, 0) is 10.0 Å². The Kier molecular flexibility index (Phi) is 8.38. The minimum absolute atomic E-state index is 0.0551. The zero-order valence-corrected chi connectivity index (χ0v) is 18.2. The molecule has 2 aromatic rings. The fraction of sp³-hybridized carbons (Fsp3) is 0.261. The molecule has 1 atom stereocenters. The van der Waals surface area contributed by atoms with E-state index in [2.05, 4.69) is 18.5 Å². The number of benzene rings is 2. The molecule has 0 radical (unpaired) electrons. The predicted molar refractivity (Wildman–Crippen MR) is 120 cm³/mol. The SMILES string of the molecule is C=CCN(CC=C)S(=O)(=O)c1ccc(NC(=O)c2cccc(OC(C)CC)c2)cc1. The summed E-state index contributed by atoms with van der Waals surface area (Å²) in [4.78, 5) is 12.7. The maximum absolute atomic E-state index is 12.7. The van der Waals surface area contributed by atoms with Crippen molar-refractivity contribution in [2.45, 2.75) is 31.3 Å². The molecule has 0 spiro atoms. The van der Waals surface area contributed by atoms with Crippen molar-refractivity contribution in [3.8, 4) is 5.75 Å². The average molecular weight is 429 g/mol. The average Bonchev–Trinajstić information content (AvgIpc) is 2.74. The van der Waals surface area contributed by atoms with E-state index in [0.717, 1.165) is 6.42 Å². The molecular formula is C23H28N2O4S. The highest BCUT2D eigenvalue weighted by atomic mass is 32.2. The summed E-state index contributed by atoms with van der Waals surface area (Å²) in [5.74, 6) is 0.322. The van der Waals surface area contributed by atoms with Gasteiger partial charge in [0.2, 0.25) is 10.0 Å². The number of hydrogen-bond acceptors (Lipinski definition) is 4. The highest BCUT2D eigenvalue weighted by Gasteiger charge is 2.22. The molecule has 2 aromatic carbocycles. The molecule has 0 saturated carbocycles. The molecule has 0 aromatic heterocycles. The van der Waals surface area contributed by atoms with Crippen LogP contribution in [0.25, 0.3) is 0 Å². The summed E-state index contributed by atoms with van der Waals surface area (Å²) < 4.78 is 32.5. The van der Waals surface area contributed by atoms with Crippen molar-refractivity contribution in [1.29, 1.82) is 0 Å². The van der Waals surface area contributed by atoms with Crippen LogP contribution in [0.3, 0.4) is 0 Å². The van der Waals surface area contributed by atoms with Gasteiger partial charge in [-0.1, -0.05) is 25.1 Å². The molecule has 1 unspecified atom stereocenters. The van der Waals surface area contributed by atoms with Crippen LogP contribution >= 0.6 is 0 Å². The number of amides is 1. The smallest absolute Gasteiger partial charge is 0.255 e. The second-order valence-corrected chi connectivity index (χ2v) is 8.68. The fourth-order valence-electron chi connectivity index (χ4n) is 2.65. The summed E-state index contributed by atoms with van der Waals surface area (Å²) in [6.07, 6.45) is 3.96. The molecule has 2 rings (SSSR count). The number of rotatable bonds is 11. The lowest BCUT2D eigenvalue weighted by Gasteiger charge is -2.19. The number of sulfonamides is 1. The minimum Gasteiger partial charge on any atom is -0.491 e. The molecule has 1 N–H and O–H groups in total. The van der Waals surface area contributed by atoms with Crippen LogP contribution < -0.4 is 10.1 Å². The van der Waals surface area contributed by atoms with E-state index < -0.39 is 10.0 Å². The molecule has 0 bridgehead atoms. The Morgan fingerprint density at radius 1 is 1.13 bits per heavy atom. The molecule has 0 fully saturated rings. The maximum Gasteiger partial charge on any atom is 0.255 e. The number of hydrogen-bond donors (Lipinski definition) is 1. The third-order valence-electron chi connectivity index (χ3n) is 4.42. The van der Waals surface area contributed by atoms with E-state index in [9.17, 15) is 13.2 Å². The van der Waals surface area contributed by atoms with Gasteiger partial charge in [0.1, 0.15) is 5.75 Å².